The Labute approximate surface area is 145 Å². The van der Waals surface area contributed by atoms with E-state index in [2.05, 4.69) is 14.9 Å². The molecule has 0 saturated carbocycles. The monoisotopic (exact) mass is 359 g/mol. The second kappa shape index (κ2) is 7.35. The van der Waals surface area contributed by atoms with Crippen LogP contribution >= 0.6 is 0 Å². The van der Waals surface area contributed by atoms with E-state index in [9.17, 15) is 8.42 Å². The summed E-state index contributed by atoms with van der Waals surface area (Å²) >= 11 is 0. The van der Waals surface area contributed by atoms with E-state index in [-0.39, 0.29) is 12.4 Å². The molecule has 0 aliphatic carbocycles. The summed E-state index contributed by atoms with van der Waals surface area (Å²) in [7, 11) is -3.30. The van der Waals surface area contributed by atoms with Crippen LogP contribution in [0.1, 0.15) is 12.8 Å². The van der Waals surface area contributed by atoms with Crippen LogP contribution in [0.2, 0.25) is 0 Å². The minimum atomic E-state index is -3.30. The van der Waals surface area contributed by atoms with Crippen LogP contribution in [0.25, 0.3) is 11.4 Å². The zero-order valence-corrected chi connectivity index (χ0v) is 14.4. The summed E-state index contributed by atoms with van der Waals surface area (Å²) in [6.07, 6.45) is 0. The molecule has 0 atom stereocenters. The normalized spacial score (nSPS) is 11.2. The van der Waals surface area contributed by atoms with Crippen LogP contribution in [-0.2, 0) is 16.6 Å². The van der Waals surface area contributed by atoms with E-state index in [0.717, 1.165) is 5.75 Å². The van der Waals surface area contributed by atoms with Crippen molar-refractivity contribution in [3.8, 4) is 17.1 Å². The number of nitrogens with zero attached hydrogens (tertiary/aromatic N) is 2. The number of hydrogen-bond acceptors (Lipinski definition) is 6. The number of sulfonamides is 1. The van der Waals surface area contributed by atoms with Crippen LogP contribution in [0.4, 0.5) is 5.69 Å². The molecule has 0 spiro atoms. The lowest BCUT2D eigenvalue weighted by Crippen LogP contribution is -2.14. The Balaban J connectivity index is 1.65. The molecule has 0 saturated heterocycles. The van der Waals surface area contributed by atoms with E-state index >= 15 is 0 Å². The van der Waals surface area contributed by atoms with Gasteiger partial charge in [0, 0.05) is 11.3 Å². The van der Waals surface area contributed by atoms with E-state index in [4.69, 9.17) is 9.26 Å². The second-order valence-corrected chi connectivity index (χ2v) is 7.21. The van der Waals surface area contributed by atoms with Gasteiger partial charge in [-0.05, 0) is 43.3 Å². The lowest BCUT2D eigenvalue weighted by atomic mass is 10.2. The summed E-state index contributed by atoms with van der Waals surface area (Å²) in [6, 6.07) is 16.1. The van der Waals surface area contributed by atoms with Gasteiger partial charge in [-0.3, -0.25) is 4.72 Å². The Hall–Kier alpha value is -2.87. The molecule has 3 rings (SSSR count). The van der Waals surface area contributed by atoms with Gasteiger partial charge in [-0.2, -0.15) is 4.98 Å². The van der Waals surface area contributed by atoms with E-state index in [1.54, 1.807) is 31.2 Å². The molecule has 0 bridgehead atoms. The van der Waals surface area contributed by atoms with Crippen LogP contribution in [-0.4, -0.2) is 24.3 Å². The highest BCUT2D eigenvalue weighted by atomic mass is 32.2. The highest BCUT2D eigenvalue weighted by Crippen LogP contribution is 2.20. The number of rotatable bonds is 7. The summed E-state index contributed by atoms with van der Waals surface area (Å²) < 4.78 is 36.3. The number of hydrogen-bond donors (Lipinski definition) is 1. The summed E-state index contributed by atoms with van der Waals surface area (Å²) in [4.78, 5) is 4.27. The lowest BCUT2D eigenvalue weighted by molar-refractivity contribution is 0.243. The molecular formula is C17H17N3O4S. The van der Waals surface area contributed by atoms with Crippen molar-refractivity contribution in [3.05, 3.63) is 60.5 Å². The van der Waals surface area contributed by atoms with Crippen LogP contribution < -0.4 is 9.46 Å². The number of aromatic nitrogens is 2. The zero-order valence-electron chi connectivity index (χ0n) is 13.5. The third-order valence-corrected chi connectivity index (χ3v) is 4.68. The Bertz CT molecular complexity index is 922. The van der Waals surface area contributed by atoms with Crippen molar-refractivity contribution in [2.75, 3.05) is 10.5 Å². The lowest BCUT2D eigenvalue weighted by Gasteiger charge is -2.05. The maximum atomic E-state index is 11.6. The molecule has 0 unspecified atom stereocenters. The van der Waals surface area contributed by atoms with Crippen LogP contribution in [0.3, 0.4) is 0 Å². The van der Waals surface area contributed by atoms with Gasteiger partial charge < -0.3 is 9.26 Å². The van der Waals surface area contributed by atoms with E-state index in [0.29, 0.717) is 23.0 Å². The molecule has 0 amide bonds. The van der Waals surface area contributed by atoms with Crippen molar-refractivity contribution in [2.24, 2.45) is 0 Å². The van der Waals surface area contributed by atoms with Crippen molar-refractivity contribution in [1.82, 2.24) is 10.1 Å². The largest absolute Gasteiger partial charge is 0.484 e. The van der Waals surface area contributed by atoms with Crippen molar-refractivity contribution in [3.63, 3.8) is 0 Å². The molecule has 1 N–H and O–H groups in total. The zero-order chi connectivity index (χ0) is 17.7. The van der Waals surface area contributed by atoms with Crippen LogP contribution in [0.15, 0.2) is 59.1 Å². The summed E-state index contributed by atoms with van der Waals surface area (Å²) in [5.41, 5.74) is 1.20. The fourth-order valence-electron chi connectivity index (χ4n) is 2.03. The molecule has 7 nitrogen and oxygen atoms in total. The fourth-order valence-corrected chi connectivity index (χ4v) is 2.67. The van der Waals surface area contributed by atoms with Crippen LogP contribution in [0, 0.1) is 0 Å². The van der Waals surface area contributed by atoms with Crippen molar-refractivity contribution in [1.29, 1.82) is 0 Å². The van der Waals surface area contributed by atoms with Gasteiger partial charge in [0.2, 0.25) is 15.8 Å². The molecule has 25 heavy (non-hydrogen) atoms. The summed E-state index contributed by atoms with van der Waals surface area (Å²) in [5, 5.41) is 3.91. The smallest absolute Gasteiger partial charge is 0.264 e. The average Bonchev–Trinajstić information content (AvgIpc) is 3.10. The Morgan fingerprint density at radius 1 is 1.08 bits per heavy atom. The first kappa shape index (κ1) is 17.0. The molecule has 1 heterocycles. The molecular weight excluding hydrogens is 342 g/mol. The third kappa shape index (κ3) is 4.57. The van der Waals surface area contributed by atoms with E-state index in [1.165, 1.54) is 0 Å². The van der Waals surface area contributed by atoms with Crippen LogP contribution in [0.5, 0.6) is 5.75 Å². The SMILES string of the molecule is CCS(=O)(=O)Nc1ccc(-c2noc(COc3ccccc3)n2)cc1. The maximum Gasteiger partial charge on any atom is 0.264 e. The highest BCUT2D eigenvalue weighted by molar-refractivity contribution is 7.92. The van der Waals surface area contributed by atoms with Crippen molar-refractivity contribution >= 4 is 15.7 Å². The van der Waals surface area contributed by atoms with Crippen molar-refractivity contribution < 1.29 is 17.7 Å². The Morgan fingerprint density at radius 2 is 1.80 bits per heavy atom. The van der Waals surface area contributed by atoms with Gasteiger partial charge in [0.25, 0.3) is 5.89 Å². The predicted octanol–water partition coefficient (Wildman–Crippen LogP) is 3.08. The molecule has 130 valence electrons. The summed E-state index contributed by atoms with van der Waals surface area (Å²) in [6.45, 7) is 1.75. The van der Waals surface area contributed by atoms with E-state index < -0.39 is 10.0 Å². The molecule has 0 radical (unpaired) electrons. The quantitative estimate of drug-likeness (QED) is 0.697. The number of benzene rings is 2. The predicted molar refractivity (Wildman–Crippen MR) is 93.6 cm³/mol. The Morgan fingerprint density at radius 3 is 2.48 bits per heavy atom. The molecule has 8 heteroatoms. The minimum Gasteiger partial charge on any atom is -0.484 e. The molecule has 1 aromatic heterocycles. The minimum absolute atomic E-state index is 0.0182. The first-order valence-electron chi connectivity index (χ1n) is 7.67. The van der Waals surface area contributed by atoms with Gasteiger partial charge in [-0.15, -0.1) is 0 Å². The van der Waals surface area contributed by atoms with Gasteiger partial charge in [-0.25, -0.2) is 8.42 Å². The van der Waals surface area contributed by atoms with Gasteiger partial charge in [0.1, 0.15) is 5.75 Å². The maximum absolute atomic E-state index is 11.6. The van der Waals surface area contributed by atoms with Crippen molar-refractivity contribution in [2.45, 2.75) is 13.5 Å². The van der Waals surface area contributed by atoms with Gasteiger partial charge in [-0.1, -0.05) is 23.4 Å². The topological polar surface area (TPSA) is 94.3 Å². The number of ether oxygens (including phenoxy) is 1. The summed E-state index contributed by atoms with van der Waals surface area (Å²) in [5.74, 6) is 1.51. The molecule has 2 aromatic carbocycles. The molecule has 3 aromatic rings. The van der Waals surface area contributed by atoms with E-state index in [1.807, 2.05) is 30.3 Å². The number of nitrogens with one attached hydrogen (secondary N) is 1. The molecule has 0 aliphatic heterocycles. The van der Waals surface area contributed by atoms with Gasteiger partial charge in [0.05, 0.1) is 5.75 Å². The average molecular weight is 359 g/mol. The first-order chi connectivity index (χ1) is 12.1. The number of para-hydroxylation sites is 1. The third-order valence-electron chi connectivity index (χ3n) is 3.37. The first-order valence-corrected chi connectivity index (χ1v) is 9.32. The highest BCUT2D eigenvalue weighted by Gasteiger charge is 2.11. The fraction of sp³-hybridized carbons (Fsp3) is 0.176. The standard InChI is InChI=1S/C17H17N3O4S/c1-2-25(21,22)20-14-10-8-13(9-11-14)17-18-16(24-19-17)12-23-15-6-4-3-5-7-15/h3-11,20H,2,12H2,1H3. The molecule has 0 aliphatic rings. The van der Waals surface area contributed by atoms with Gasteiger partial charge >= 0.3 is 0 Å². The Kier molecular flexibility index (Phi) is 4.99. The molecule has 0 fully saturated rings. The van der Waals surface area contributed by atoms with Gasteiger partial charge in [0.15, 0.2) is 6.61 Å². The number of anilines is 1. The second-order valence-electron chi connectivity index (χ2n) is 5.20.